The fourth-order valence-corrected chi connectivity index (χ4v) is 1.78. The summed E-state index contributed by atoms with van der Waals surface area (Å²) in [5.74, 6) is -1.78. The number of hydrogen-bond acceptors (Lipinski definition) is 3. The Kier molecular flexibility index (Phi) is 3.06. The van der Waals surface area contributed by atoms with Gasteiger partial charge in [-0.15, -0.1) is 0 Å². The summed E-state index contributed by atoms with van der Waals surface area (Å²) >= 11 is 0. The third kappa shape index (κ3) is 2.59. The number of carbonyl (C=O) groups excluding carboxylic acids is 1. The number of carbonyl (C=O) groups is 2. The van der Waals surface area contributed by atoms with Gasteiger partial charge < -0.3 is 5.11 Å². The monoisotopic (exact) mass is 238 g/mol. The number of nitrogens with zero attached hydrogens (tertiary/aromatic N) is 1. The minimum Gasteiger partial charge on any atom is -0.480 e. The summed E-state index contributed by atoms with van der Waals surface area (Å²) in [6.45, 7) is -0.398. The van der Waals surface area contributed by atoms with Gasteiger partial charge in [0.25, 0.3) is 0 Å². The molecule has 2 rings (SSSR count). The molecular formula is C11H11FN2O3. The Labute approximate surface area is 96.8 Å². The van der Waals surface area contributed by atoms with Gasteiger partial charge in [-0.2, -0.15) is 0 Å². The zero-order valence-electron chi connectivity index (χ0n) is 8.89. The van der Waals surface area contributed by atoms with E-state index in [1.807, 2.05) is 0 Å². The Morgan fingerprint density at radius 2 is 2.35 bits per heavy atom. The first-order valence-corrected chi connectivity index (χ1v) is 5.10. The van der Waals surface area contributed by atoms with E-state index in [2.05, 4.69) is 5.43 Å². The average Bonchev–Trinajstić information content (AvgIpc) is 2.59. The third-order valence-electron chi connectivity index (χ3n) is 2.54. The molecule has 0 spiro atoms. The number of carboxylic acid groups (broad SMARTS) is 1. The summed E-state index contributed by atoms with van der Waals surface area (Å²) in [4.78, 5) is 22.0. The second kappa shape index (κ2) is 4.50. The lowest BCUT2D eigenvalue weighted by Crippen LogP contribution is -2.39. The first-order chi connectivity index (χ1) is 8.06. The summed E-state index contributed by atoms with van der Waals surface area (Å²) in [5, 5.41) is 9.64. The van der Waals surface area contributed by atoms with E-state index in [4.69, 9.17) is 5.11 Å². The van der Waals surface area contributed by atoms with Gasteiger partial charge in [0.1, 0.15) is 12.4 Å². The molecule has 0 aromatic heterocycles. The number of halogens is 1. The second-order valence-corrected chi connectivity index (χ2v) is 3.81. The predicted octanol–water partition coefficient (Wildman–Crippen LogP) is 0.688. The molecule has 0 radical (unpaired) electrons. The van der Waals surface area contributed by atoms with E-state index < -0.39 is 12.5 Å². The highest BCUT2D eigenvalue weighted by molar-refractivity contribution is 5.83. The molecule has 1 saturated heterocycles. The molecule has 1 aliphatic rings. The predicted molar refractivity (Wildman–Crippen MR) is 56.2 cm³/mol. The second-order valence-electron chi connectivity index (χ2n) is 3.81. The van der Waals surface area contributed by atoms with Gasteiger partial charge in [0.2, 0.25) is 5.91 Å². The van der Waals surface area contributed by atoms with E-state index in [1.54, 1.807) is 12.1 Å². The number of nitrogens with one attached hydrogen (secondary N) is 1. The molecule has 0 aliphatic carbocycles. The smallest absolute Gasteiger partial charge is 0.324 e. The van der Waals surface area contributed by atoms with Crippen LogP contribution in [-0.2, 0) is 9.59 Å². The normalized spacial score (nSPS) is 19.7. The zero-order valence-corrected chi connectivity index (χ0v) is 8.89. The number of benzene rings is 1. The first kappa shape index (κ1) is 11.5. The van der Waals surface area contributed by atoms with E-state index in [1.165, 1.54) is 12.1 Å². The molecular weight excluding hydrogens is 227 g/mol. The lowest BCUT2D eigenvalue weighted by atomic mass is 10.1. The van der Waals surface area contributed by atoms with Crippen molar-refractivity contribution in [3.63, 3.8) is 0 Å². The average molecular weight is 238 g/mol. The molecule has 90 valence electrons. The summed E-state index contributed by atoms with van der Waals surface area (Å²) < 4.78 is 13.0. The lowest BCUT2D eigenvalue weighted by Gasteiger charge is -2.15. The van der Waals surface area contributed by atoms with Crippen molar-refractivity contribution < 1.29 is 19.1 Å². The lowest BCUT2D eigenvalue weighted by molar-refractivity contribution is -0.144. The number of rotatable bonds is 3. The fraction of sp³-hybridized carbons (Fsp3) is 0.273. The molecule has 0 saturated carbocycles. The SMILES string of the molecule is O=C(O)CN1NC(c2cccc(F)c2)CC1=O. The van der Waals surface area contributed by atoms with Crippen molar-refractivity contribution in [3.05, 3.63) is 35.6 Å². The Morgan fingerprint density at radius 1 is 1.59 bits per heavy atom. The number of hydrazine groups is 1. The number of aliphatic carboxylic acids is 1. The maximum atomic E-state index is 13.0. The van der Waals surface area contributed by atoms with E-state index in [0.717, 1.165) is 5.01 Å². The largest absolute Gasteiger partial charge is 0.480 e. The van der Waals surface area contributed by atoms with Crippen molar-refractivity contribution in [1.29, 1.82) is 0 Å². The van der Waals surface area contributed by atoms with Gasteiger partial charge in [-0.3, -0.25) is 14.6 Å². The highest BCUT2D eigenvalue weighted by Crippen LogP contribution is 2.23. The minimum absolute atomic E-state index is 0.136. The van der Waals surface area contributed by atoms with Gasteiger partial charge in [-0.25, -0.2) is 9.82 Å². The molecule has 1 aromatic carbocycles. The number of carboxylic acids is 1. The molecule has 5 nitrogen and oxygen atoms in total. The molecule has 1 fully saturated rings. The molecule has 1 atom stereocenters. The van der Waals surface area contributed by atoms with Crippen LogP contribution in [0.25, 0.3) is 0 Å². The van der Waals surface area contributed by atoms with Crippen LogP contribution in [-0.4, -0.2) is 28.5 Å². The number of hydrogen-bond donors (Lipinski definition) is 2. The third-order valence-corrected chi connectivity index (χ3v) is 2.54. The van der Waals surface area contributed by atoms with Gasteiger partial charge in [0.15, 0.2) is 0 Å². The molecule has 1 unspecified atom stereocenters. The van der Waals surface area contributed by atoms with Gasteiger partial charge in [0, 0.05) is 6.42 Å². The zero-order chi connectivity index (χ0) is 12.4. The van der Waals surface area contributed by atoms with Crippen molar-refractivity contribution in [2.75, 3.05) is 6.54 Å². The Balaban J connectivity index is 2.11. The van der Waals surface area contributed by atoms with Crippen LogP contribution in [0, 0.1) is 5.82 Å². The van der Waals surface area contributed by atoms with Gasteiger partial charge in [-0.05, 0) is 17.7 Å². The maximum Gasteiger partial charge on any atom is 0.324 e. The fourth-order valence-electron chi connectivity index (χ4n) is 1.78. The number of amides is 1. The van der Waals surface area contributed by atoms with E-state index in [-0.39, 0.29) is 24.2 Å². The van der Waals surface area contributed by atoms with Crippen LogP contribution in [0.5, 0.6) is 0 Å². The molecule has 1 amide bonds. The van der Waals surface area contributed by atoms with Crippen LogP contribution in [0.4, 0.5) is 4.39 Å². The van der Waals surface area contributed by atoms with Gasteiger partial charge >= 0.3 is 5.97 Å². The van der Waals surface area contributed by atoms with Crippen LogP contribution >= 0.6 is 0 Å². The van der Waals surface area contributed by atoms with E-state index >= 15 is 0 Å². The molecule has 17 heavy (non-hydrogen) atoms. The molecule has 1 aromatic rings. The van der Waals surface area contributed by atoms with Crippen LogP contribution in [0.3, 0.4) is 0 Å². The maximum absolute atomic E-state index is 13.0. The standard InChI is InChI=1S/C11H11FN2O3/c12-8-3-1-2-7(4-8)9-5-10(15)14(13-9)6-11(16)17/h1-4,9,13H,5-6H2,(H,16,17). The summed E-state index contributed by atoms with van der Waals surface area (Å²) in [6.07, 6.45) is 0.136. The van der Waals surface area contributed by atoms with Crippen molar-refractivity contribution in [2.24, 2.45) is 0 Å². The minimum atomic E-state index is -1.09. The van der Waals surface area contributed by atoms with Crippen LogP contribution < -0.4 is 5.43 Å². The van der Waals surface area contributed by atoms with Crippen molar-refractivity contribution in [2.45, 2.75) is 12.5 Å². The highest BCUT2D eigenvalue weighted by Gasteiger charge is 2.31. The quantitative estimate of drug-likeness (QED) is 0.812. The van der Waals surface area contributed by atoms with Crippen LogP contribution in [0.15, 0.2) is 24.3 Å². The Hall–Kier alpha value is -1.95. The van der Waals surface area contributed by atoms with E-state index in [0.29, 0.717) is 5.56 Å². The first-order valence-electron chi connectivity index (χ1n) is 5.10. The Bertz CT molecular complexity index is 464. The van der Waals surface area contributed by atoms with Crippen LogP contribution in [0.2, 0.25) is 0 Å². The summed E-state index contributed by atoms with van der Waals surface area (Å²) in [7, 11) is 0. The molecule has 1 aliphatic heterocycles. The van der Waals surface area contributed by atoms with Crippen molar-refractivity contribution in [1.82, 2.24) is 10.4 Å². The molecule has 1 heterocycles. The van der Waals surface area contributed by atoms with Crippen LogP contribution in [0.1, 0.15) is 18.0 Å². The highest BCUT2D eigenvalue weighted by atomic mass is 19.1. The molecule has 6 heteroatoms. The van der Waals surface area contributed by atoms with Crippen molar-refractivity contribution in [3.8, 4) is 0 Å². The van der Waals surface area contributed by atoms with Crippen molar-refractivity contribution >= 4 is 11.9 Å². The summed E-state index contributed by atoms with van der Waals surface area (Å²) in [5.41, 5.74) is 3.38. The summed E-state index contributed by atoms with van der Waals surface area (Å²) in [6, 6.07) is 5.52. The Morgan fingerprint density at radius 3 is 3.00 bits per heavy atom. The molecule has 0 bridgehead atoms. The van der Waals surface area contributed by atoms with E-state index in [9.17, 15) is 14.0 Å². The topological polar surface area (TPSA) is 69.6 Å². The molecule has 2 N–H and O–H groups in total. The van der Waals surface area contributed by atoms with Gasteiger partial charge in [-0.1, -0.05) is 12.1 Å². The van der Waals surface area contributed by atoms with Gasteiger partial charge in [0.05, 0.1) is 6.04 Å².